The van der Waals surface area contributed by atoms with E-state index in [4.69, 9.17) is 14.2 Å². The molecule has 2 aliphatic rings. The maximum absolute atomic E-state index is 10.7. The summed E-state index contributed by atoms with van der Waals surface area (Å²) in [6, 6.07) is 7.58. The van der Waals surface area contributed by atoms with E-state index in [-0.39, 0.29) is 35.6 Å². The SMILES string of the molecule is COC1CC(OC)C2(C)CC(Oc3nnc(-c4ccc(-n5ccc(C)n5)cc4O)s3)CC1N2C. The second kappa shape index (κ2) is 8.92. The second-order valence-corrected chi connectivity index (χ2v) is 10.4. The number of phenols is 1. The predicted octanol–water partition coefficient (Wildman–Crippen LogP) is 3.44. The number of phenolic OH excluding ortho intramolecular Hbond substituents is 1. The molecule has 9 nitrogen and oxygen atoms in total. The number of aromatic nitrogens is 4. The van der Waals surface area contributed by atoms with Crippen LogP contribution < -0.4 is 4.74 Å². The first-order valence-corrected chi connectivity index (χ1v) is 12.3. The van der Waals surface area contributed by atoms with Crippen molar-refractivity contribution in [3.63, 3.8) is 0 Å². The van der Waals surface area contributed by atoms with E-state index in [1.165, 1.54) is 11.3 Å². The largest absolute Gasteiger partial charge is 0.507 e. The van der Waals surface area contributed by atoms with Crippen molar-refractivity contribution in [2.75, 3.05) is 21.3 Å². The van der Waals surface area contributed by atoms with Crippen LogP contribution in [0, 0.1) is 6.92 Å². The summed E-state index contributed by atoms with van der Waals surface area (Å²) in [5.74, 6) is 0.126. The van der Waals surface area contributed by atoms with Gasteiger partial charge in [0.2, 0.25) is 0 Å². The average molecular weight is 486 g/mol. The van der Waals surface area contributed by atoms with Crippen LogP contribution in [0.25, 0.3) is 16.3 Å². The minimum Gasteiger partial charge on any atom is -0.507 e. The van der Waals surface area contributed by atoms with Crippen molar-refractivity contribution in [3.8, 4) is 27.2 Å². The van der Waals surface area contributed by atoms with Crippen LogP contribution in [0.2, 0.25) is 0 Å². The summed E-state index contributed by atoms with van der Waals surface area (Å²) in [4.78, 5) is 2.39. The number of nitrogens with zero attached hydrogens (tertiary/aromatic N) is 5. The number of hydrogen-bond acceptors (Lipinski definition) is 9. The normalized spacial score (nSPS) is 29.3. The molecule has 5 unspecified atom stereocenters. The zero-order valence-corrected chi connectivity index (χ0v) is 21.0. The maximum atomic E-state index is 10.7. The minimum atomic E-state index is -0.149. The van der Waals surface area contributed by atoms with Gasteiger partial charge < -0.3 is 19.3 Å². The van der Waals surface area contributed by atoms with E-state index < -0.39 is 0 Å². The van der Waals surface area contributed by atoms with E-state index in [0.29, 0.717) is 15.8 Å². The van der Waals surface area contributed by atoms with Crippen molar-refractivity contribution >= 4 is 11.3 Å². The van der Waals surface area contributed by atoms with Gasteiger partial charge in [-0.2, -0.15) is 5.10 Å². The van der Waals surface area contributed by atoms with Gasteiger partial charge in [0.25, 0.3) is 5.19 Å². The molecule has 3 aromatic rings. The smallest absolute Gasteiger partial charge is 0.294 e. The standard InChI is InChI=1S/C24H31N5O4S/c1-14-8-9-29(27-14)15-6-7-17(19(30)10-15)22-25-26-23(34-22)33-16-11-18-20(31-4)12-21(32-5)24(2,13-16)28(18)3/h6-10,16,18,20-21,30H,11-13H2,1-5H3. The Bertz CT molecular complexity index is 1160. The maximum Gasteiger partial charge on any atom is 0.294 e. The van der Waals surface area contributed by atoms with Gasteiger partial charge in [0.1, 0.15) is 11.9 Å². The molecule has 0 saturated carbocycles. The Morgan fingerprint density at radius 1 is 1.15 bits per heavy atom. The van der Waals surface area contributed by atoms with Gasteiger partial charge in [-0.15, -0.1) is 5.10 Å². The number of aryl methyl sites for hydroxylation is 1. The highest BCUT2D eigenvalue weighted by molar-refractivity contribution is 7.16. The number of benzene rings is 1. The zero-order chi connectivity index (χ0) is 24.0. The van der Waals surface area contributed by atoms with Gasteiger partial charge in [-0.05, 0) is 39.1 Å². The highest BCUT2D eigenvalue weighted by Gasteiger charge is 2.54. The summed E-state index contributed by atoms with van der Waals surface area (Å²) in [6.07, 6.45) is 4.54. The number of rotatable bonds is 6. The second-order valence-electron chi connectivity index (χ2n) is 9.43. The fourth-order valence-corrected chi connectivity index (χ4v) is 6.28. The van der Waals surface area contributed by atoms with Crippen LogP contribution in [0.1, 0.15) is 31.9 Å². The van der Waals surface area contributed by atoms with E-state index in [1.807, 2.05) is 31.3 Å². The summed E-state index contributed by atoms with van der Waals surface area (Å²) in [5, 5.41) is 24.7. The molecule has 2 aliphatic heterocycles. The van der Waals surface area contributed by atoms with E-state index in [0.717, 1.165) is 30.6 Å². The van der Waals surface area contributed by atoms with E-state index in [1.54, 1.807) is 25.0 Å². The molecule has 2 fully saturated rings. The number of ether oxygens (including phenoxy) is 3. The van der Waals surface area contributed by atoms with Gasteiger partial charge in [-0.3, -0.25) is 4.90 Å². The molecular weight excluding hydrogens is 454 g/mol. The summed E-state index contributed by atoms with van der Waals surface area (Å²) < 4.78 is 19.7. The molecule has 0 radical (unpaired) electrons. The molecule has 0 amide bonds. The molecule has 182 valence electrons. The fraction of sp³-hybridized carbons (Fsp3) is 0.542. The molecule has 1 N–H and O–H groups in total. The lowest BCUT2D eigenvalue weighted by Gasteiger charge is -2.58. The Morgan fingerprint density at radius 2 is 1.97 bits per heavy atom. The molecule has 2 bridgehead atoms. The Hall–Kier alpha value is -2.53. The third-order valence-electron chi connectivity index (χ3n) is 7.48. The van der Waals surface area contributed by atoms with Crippen molar-refractivity contribution in [1.29, 1.82) is 0 Å². The van der Waals surface area contributed by atoms with Gasteiger partial charge in [0.15, 0.2) is 5.01 Å². The van der Waals surface area contributed by atoms with Gasteiger partial charge in [0, 0.05) is 57.3 Å². The van der Waals surface area contributed by atoms with Crippen LogP contribution in [0.5, 0.6) is 10.9 Å². The predicted molar refractivity (Wildman–Crippen MR) is 129 cm³/mol. The molecule has 0 aliphatic carbocycles. The van der Waals surface area contributed by atoms with Crippen molar-refractivity contribution < 1.29 is 19.3 Å². The lowest BCUT2D eigenvalue weighted by molar-refractivity contribution is -0.180. The zero-order valence-electron chi connectivity index (χ0n) is 20.1. The highest BCUT2D eigenvalue weighted by atomic mass is 32.1. The van der Waals surface area contributed by atoms with Gasteiger partial charge in [-0.25, -0.2) is 4.68 Å². The molecule has 5 rings (SSSR count). The first kappa shape index (κ1) is 23.2. The Kier molecular flexibility index (Phi) is 6.09. The van der Waals surface area contributed by atoms with Gasteiger partial charge >= 0.3 is 0 Å². The van der Waals surface area contributed by atoms with Crippen molar-refractivity contribution in [2.24, 2.45) is 0 Å². The van der Waals surface area contributed by atoms with Gasteiger partial charge in [0.05, 0.1) is 29.2 Å². The minimum absolute atomic E-state index is 0.0263. The average Bonchev–Trinajstić information content (AvgIpc) is 3.45. The molecule has 4 heterocycles. The quantitative estimate of drug-likeness (QED) is 0.567. The molecule has 1 aromatic carbocycles. The summed E-state index contributed by atoms with van der Waals surface area (Å²) >= 11 is 1.34. The van der Waals surface area contributed by atoms with Crippen molar-refractivity contribution in [1.82, 2.24) is 24.9 Å². The van der Waals surface area contributed by atoms with E-state index in [2.05, 4.69) is 34.2 Å². The Morgan fingerprint density at radius 3 is 2.65 bits per heavy atom. The molecule has 2 aromatic heterocycles. The summed E-state index contributed by atoms with van der Waals surface area (Å²) in [5.41, 5.74) is 2.16. The summed E-state index contributed by atoms with van der Waals surface area (Å²) in [6.45, 7) is 4.16. The number of aromatic hydroxyl groups is 1. The van der Waals surface area contributed by atoms with E-state index >= 15 is 0 Å². The van der Waals surface area contributed by atoms with Crippen LogP contribution in [0.4, 0.5) is 0 Å². The number of likely N-dealkylation sites (N-methyl/N-ethyl adjacent to an activating group) is 1. The first-order chi connectivity index (χ1) is 16.3. The molecule has 0 spiro atoms. The van der Waals surface area contributed by atoms with Crippen LogP contribution in [0.15, 0.2) is 30.5 Å². The van der Waals surface area contributed by atoms with Gasteiger partial charge in [-0.1, -0.05) is 16.4 Å². The monoisotopic (exact) mass is 485 g/mol. The number of piperidine rings is 2. The fourth-order valence-electron chi connectivity index (χ4n) is 5.48. The topological polar surface area (TPSA) is 94.8 Å². The molecule has 2 saturated heterocycles. The molecular formula is C24H31N5O4S. The van der Waals surface area contributed by atoms with E-state index in [9.17, 15) is 5.11 Å². The number of hydrogen-bond donors (Lipinski definition) is 1. The molecule has 10 heteroatoms. The lowest BCUT2D eigenvalue weighted by atomic mass is 9.71. The Balaban J connectivity index is 1.34. The number of fused-ring (bicyclic) bond motifs is 2. The third kappa shape index (κ3) is 3.98. The highest BCUT2D eigenvalue weighted by Crippen LogP contribution is 2.44. The lowest BCUT2D eigenvalue weighted by Crippen LogP contribution is -2.70. The summed E-state index contributed by atoms with van der Waals surface area (Å²) in [7, 11) is 5.68. The number of methoxy groups -OCH3 is 2. The first-order valence-electron chi connectivity index (χ1n) is 11.5. The van der Waals surface area contributed by atoms with Crippen LogP contribution in [-0.2, 0) is 9.47 Å². The molecule has 5 atom stereocenters. The van der Waals surface area contributed by atoms with Crippen molar-refractivity contribution in [3.05, 3.63) is 36.2 Å². The third-order valence-corrected chi connectivity index (χ3v) is 8.33. The van der Waals surface area contributed by atoms with Crippen LogP contribution in [0.3, 0.4) is 0 Å². The van der Waals surface area contributed by atoms with Crippen LogP contribution >= 0.6 is 11.3 Å². The Labute approximate surface area is 203 Å². The van der Waals surface area contributed by atoms with Crippen LogP contribution in [-0.4, -0.2) is 81.1 Å². The van der Waals surface area contributed by atoms with Crippen molar-refractivity contribution in [2.45, 2.75) is 63.0 Å². The molecule has 34 heavy (non-hydrogen) atoms.